The highest BCUT2D eigenvalue weighted by molar-refractivity contribution is 5.76. The van der Waals surface area contributed by atoms with Gasteiger partial charge >= 0.3 is 5.97 Å². The molecule has 2 saturated heterocycles. The number of rotatable bonds is 4. The van der Waals surface area contributed by atoms with E-state index in [1.807, 2.05) is 30.3 Å². The molecule has 4 saturated carbocycles. The fraction of sp³-hybridized carbons (Fsp3) is 0.806. The van der Waals surface area contributed by atoms with Gasteiger partial charge in [-0.3, -0.25) is 4.79 Å². The van der Waals surface area contributed by atoms with Gasteiger partial charge in [0.2, 0.25) is 0 Å². The van der Waals surface area contributed by atoms with Crippen LogP contribution in [0.2, 0.25) is 0 Å². The van der Waals surface area contributed by atoms with E-state index in [0.717, 1.165) is 49.2 Å². The molecule has 1 aromatic carbocycles. The van der Waals surface area contributed by atoms with Gasteiger partial charge in [-0.25, -0.2) is 0 Å². The van der Waals surface area contributed by atoms with Gasteiger partial charge in [-0.15, -0.1) is 0 Å². The summed E-state index contributed by atoms with van der Waals surface area (Å²) in [6.07, 6.45) is 12.9. The highest BCUT2D eigenvalue weighted by atomic mass is 16.7. The van der Waals surface area contributed by atoms with Crippen molar-refractivity contribution in [1.29, 1.82) is 0 Å². The molecule has 41 heavy (non-hydrogen) atoms. The van der Waals surface area contributed by atoms with Crippen LogP contribution in [0.5, 0.6) is 0 Å². The van der Waals surface area contributed by atoms with Gasteiger partial charge in [0.15, 0.2) is 5.79 Å². The molecule has 226 valence electrons. The third kappa shape index (κ3) is 4.54. The standard InChI is InChI=1S/C36H53NO4/c1-22-12-17-36(39-21-22)23(2)32-31(41-36)20-29-27-11-10-25-19-26(13-15-34(25,3)28(27)14-16-35(29,32)4)40-33(38)30(37)18-24-8-6-5-7-9-24/h5-9,22-23,25-32H,10-21,37H2,1-4H3/t22-,23?,25?,26+,27?,28?,29?,30?,31?,32?,34-,35-,36+/m0/s1. The summed E-state index contributed by atoms with van der Waals surface area (Å²) >= 11 is 0. The molecule has 13 atom stereocenters. The van der Waals surface area contributed by atoms with Crippen LogP contribution in [0.4, 0.5) is 0 Å². The van der Waals surface area contributed by atoms with Crippen LogP contribution >= 0.6 is 0 Å². The second kappa shape index (κ2) is 10.3. The lowest BCUT2D eigenvalue weighted by Crippen LogP contribution is -2.55. The third-order valence-corrected chi connectivity index (χ3v) is 13.8. The van der Waals surface area contributed by atoms with Gasteiger partial charge in [0.05, 0.1) is 12.7 Å². The molecular formula is C36H53NO4. The topological polar surface area (TPSA) is 70.8 Å². The van der Waals surface area contributed by atoms with Gasteiger partial charge in [-0.05, 0) is 116 Å². The average Bonchev–Trinajstić information content (AvgIpc) is 3.40. The van der Waals surface area contributed by atoms with Crippen molar-refractivity contribution < 1.29 is 19.0 Å². The Kier molecular flexibility index (Phi) is 7.15. The maximum atomic E-state index is 12.9. The molecule has 6 aliphatic rings. The minimum Gasteiger partial charge on any atom is -0.461 e. The first-order valence-corrected chi connectivity index (χ1v) is 16.9. The molecule has 2 heterocycles. The Bertz CT molecular complexity index is 1120. The van der Waals surface area contributed by atoms with Crippen LogP contribution < -0.4 is 5.73 Å². The molecule has 1 aromatic rings. The van der Waals surface area contributed by atoms with E-state index in [0.29, 0.717) is 47.0 Å². The monoisotopic (exact) mass is 563 g/mol. The Balaban J connectivity index is 1.00. The Labute approximate surface area is 247 Å². The molecule has 4 aliphatic carbocycles. The number of hydrogen-bond donors (Lipinski definition) is 1. The zero-order valence-electron chi connectivity index (χ0n) is 25.9. The second-order valence-corrected chi connectivity index (χ2v) is 15.8. The third-order valence-electron chi connectivity index (χ3n) is 13.8. The number of ether oxygens (including phenoxy) is 3. The number of esters is 1. The minimum absolute atomic E-state index is 0.0160. The number of carbonyl (C=O) groups is 1. The van der Waals surface area contributed by atoms with E-state index in [9.17, 15) is 4.79 Å². The fourth-order valence-corrected chi connectivity index (χ4v) is 11.5. The molecular weight excluding hydrogens is 510 g/mol. The van der Waals surface area contributed by atoms with E-state index in [1.54, 1.807) is 0 Å². The Hall–Kier alpha value is -1.43. The largest absolute Gasteiger partial charge is 0.461 e. The van der Waals surface area contributed by atoms with Crippen molar-refractivity contribution in [3.05, 3.63) is 35.9 Å². The molecule has 5 heteroatoms. The fourth-order valence-electron chi connectivity index (χ4n) is 11.5. The summed E-state index contributed by atoms with van der Waals surface area (Å²) in [4.78, 5) is 12.9. The first kappa shape index (κ1) is 28.3. The molecule has 0 aromatic heterocycles. The van der Waals surface area contributed by atoms with Crippen LogP contribution in [-0.4, -0.2) is 36.6 Å². The van der Waals surface area contributed by atoms with E-state index in [-0.39, 0.29) is 17.9 Å². The summed E-state index contributed by atoms with van der Waals surface area (Å²) in [5.41, 5.74) is 8.09. The second-order valence-electron chi connectivity index (χ2n) is 15.8. The molecule has 1 spiro atoms. The highest BCUT2D eigenvalue weighted by Gasteiger charge is 2.69. The lowest BCUT2D eigenvalue weighted by atomic mass is 9.44. The predicted octanol–water partition coefficient (Wildman–Crippen LogP) is 6.91. The molecule has 5 nitrogen and oxygen atoms in total. The number of hydrogen-bond acceptors (Lipinski definition) is 5. The SMILES string of the molecule is CC1C2C(CC3C4CCC5C[C@H](OC(=O)C(N)Cc6ccccc6)CC[C@]5(C)C4CC[C@@]32C)O[C@]12CC[C@H](C)CO2. The van der Waals surface area contributed by atoms with Gasteiger partial charge in [-0.1, -0.05) is 58.0 Å². The van der Waals surface area contributed by atoms with Gasteiger partial charge < -0.3 is 19.9 Å². The van der Waals surface area contributed by atoms with Crippen molar-refractivity contribution in [3.8, 4) is 0 Å². The first-order valence-electron chi connectivity index (χ1n) is 16.9. The van der Waals surface area contributed by atoms with Gasteiger partial charge in [0.25, 0.3) is 0 Å². The first-order chi connectivity index (χ1) is 19.6. The molecule has 0 bridgehead atoms. The van der Waals surface area contributed by atoms with E-state index in [4.69, 9.17) is 19.9 Å². The van der Waals surface area contributed by atoms with Crippen molar-refractivity contribution in [1.82, 2.24) is 0 Å². The van der Waals surface area contributed by atoms with Crippen LogP contribution in [-0.2, 0) is 25.4 Å². The lowest BCUT2D eigenvalue weighted by molar-refractivity contribution is -0.273. The smallest absolute Gasteiger partial charge is 0.323 e. The van der Waals surface area contributed by atoms with Crippen molar-refractivity contribution in [3.63, 3.8) is 0 Å². The summed E-state index contributed by atoms with van der Waals surface area (Å²) in [6, 6.07) is 9.44. The van der Waals surface area contributed by atoms with Crippen molar-refractivity contribution in [2.75, 3.05) is 6.61 Å². The van der Waals surface area contributed by atoms with Crippen LogP contribution in [0, 0.1) is 52.3 Å². The number of benzene rings is 1. The highest BCUT2D eigenvalue weighted by Crippen LogP contribution is 2.71. The maximum Gasteiger partial charge on any atom is 0.323 e. The van der Waals surface area contributed by atoms with Crippen LogP contribution in [0.25, 0.3) is 0 Å². The molecule has 2 aliphatic heterocycles. The summed E-state index contributed by atoms with van der Waals surface area (Å²) in [7, 11) is 0. The van der Waals surface area contributed by atoms with Crippen LogP contribution in [0.1, 0.15) is 97.5 Å². The number of nitrogens with two attached hydrogens (primary N) is 1. The molecule has 8 unspecified atom stereocenters. The number of carbonyl (C=O) groups excluding carboxylic acids is 1. The van der Waals surface area contributed by atoms with Crippen LogP contribution in [0.15, 0.2) is 30.3 Å². The summed E-state index contributed by atoms with van der Waals surface area (Å²) in [5.74, 6) is 4.20. The van der Waals surface area contributed by atoms with Gasteiger partial charge in [0.1, 0.15) is 12.1 Å². The maximum absolute atomic E-state index is 12.9. The predicted molar refractivity (Wildman–Crippen MR) is 160 cm³/mol. The summed E-state index contributed by atoms with van der Waals surface area (Å²) < 4.78 is 19.6. The Morgan fingerprint density at radius 1 is 0.976 bits per heavy atom. The quantitative estimate of drug-likeness (QED) is 0.403. The molecule has 7 rings (SSSR count). The van der Waals surface area contributed by atoms with Crippen LogP contribution in [0.3, 0.4) is 0 Å². The van der Waals surface area contributed by atoms with Crippen molar-refractivity contribution in [2.45, 2.75) is 122 Å². The van der Waals surface area contributed by atoms with Gasteiger partial charge in [-0.2, -0.15) is 0 Å². The minimum atomic E-state index is -0.592. The number of fused-ring (bicyclic) bond motifs is 7. The molecule has 6 fully saturated rings. The molecule has 2 N–H and O–H groups in total. The van der Waals surface area contributed by atoms with E-state index in [1.165, 1.54) is 44.9 Å². The zero-order valence-corrected chi connectivity index (χ0v) is 25.9. The lowest BCUT2D eigenvalue weighted by Gasteiger charge is -2.61. The summed E-state index contributed by atoms with van der Waals surface area (Å²) in [5, 5.41) is 0. The Morgan fingerprint density at radius 2 is 1.76 bits per heavy atom. The zero-order chi connectivity index (χ0) is 28.6. The molecule has 0 amide bonds. The van der Waals surface area contributed by atoms with Crippen molar-refractivity contribution in [2.24, 2.45) is 58.0 Å². The molecule has 0 radical (unpaired) electrons. The van der Waals surface area contributed by atoms with E-state index >= 15 is 0 Å². The normalized spacial score (nSPS) is 49.4. The average molecular weight is 564 g/mol. The van der Waals surface area contributed by atoms with Crippen molar-refractivity contribution >= 4 is 5.97 Å². The summed E-state index contributed by atoms with van der Waals surface area (Å²) in [6.45, 7) is 10.8. The van der Waals surface area contributed by atoms with E-state index < -0.39 is 6.04 Å². The van der Waals surface area contributed by atoms with Gasteiger partial charge in [0, 0.05) is 12.3 Å². The Morgan fingerprint density at radius 3 is 2.51 bits per heavy atom. The van der Waals surface area contributed by atoms with E-state index in [2.05, 4.69) is 27.7 Å².